The van der Waals surface area contributed by atoms with Crippen LogP contribution in [0.2, 0.25) is 0 Å². The molecule has 0 saturated carbocycles. The minimum Gasteiger partial charge on any atom is -0.359 e. The minimum atomic E-state index is -4.21. The zero-order valence-corrected chi connectivity index (χ0v) is 11.1. The summed E-state index contributed by atoms with van der Waals surface area (Å²) in [6.45, 7) is 7.30. The fourth-order valence-corrected chi connectivity index (χ4v) is 1.82. The first kappa shape index (κ1) is 14.4. The van der Waals surface area contributed by atoms with Gasteiger partial charge in [0.2, 0.25) is 0 Å². The molecule has 1 aromatic rings. The standard InChI is InChI=1S/C12H16N2O3S/c1-8(9(2)13)10(3)14-11-5-4-6-12(7-11)18(15,16)17/h4-8,13-14H,3H2,1-2H3,(H,15,16,17). The SMILES string of the molecule is C=C(Nc1cccc(S(=O)(=O)O)c1)C(C)C(C)=N. The van der Waals surface area contributed by atoms with Crippen LogP contribution in [0.3, 0.4) is 0 Å². The summed E-state index contributed by atoms with van der Waals surface area (Å²) in [6, 6.07) is 5.79. The van der Waals surface area contributed by atoms with Gasteiger partial charge in [0.15, 0.2) is 0 Å². The molecule has 1 rings (SSSR count). The van der Waals surface area contributed by atoms with Crippen molar-refractivity contribution in [2.24, 2.45) is 5.92 Å². The van der Waals surface area contributed by atoms with E-state index in [-0.39, 0.29) is 10.8 Å². The first-order valence-electron chi connectivity index (χ1n) is 5.30. The second kappa shape index (κ2) is 5.32. The maximum absolute atomic E-state index is 11.0. The average Bonchev–Trinajstić information content (AvgIpc) is 2.27. The fraction of sp³-hybridized carbons (Fsp3) is 0.250. The molecule has 0 aliphatic carbocycles. The number of rotatable bonds is 5. The van der Waals surface area contributed by atoms with E-state index in [1.54, 1.807) is 13.0 Å². The highest BCUT2D eigenvalue weighted by Crippen LogP contribution is 2.19. The number of anilines is 1. The molecule has 0 aliphatic rings. The highest BCUT2D eigenvalue weighted by atomic mass is 32.2. The second-order valence-electron chi connectivity index (χ2n) is 4.06. The van der Waals surface area contributed by atoms with Gasteiger partial charge in [-0.15, -0.1) is 0 Å². The van der Waals surface area contributed by atoms with Gasteiger partial charge in [0, 0.05) is 23.0 Å². The number of hydrogen-bond acceptors (Lipinski definition) is 4. The fourth-order valence-electron chi connectivity index (χ4n) is 1.29. The Hall–Kier alpha value is -1.66. The van der Waals surface area contributed by atoms with Crippen LogP contribution in [0.4, 0.5) is 5.69 Å². The van der Waals surface area contributed by atoms with Crippen molar-refractivity contribution in [1.29, 1.82) is 5.41 Å². The molecule has 1 aromatic carbocycles. The van der Waals surface area contributed by atoms with E-state index in [0.717, 1.165) is 0 Å². The van der Waals surface area contributed by atoms with Crippen LogP contribution in [0.25, 0.3) is 0 Å². The van der Waals surface area contributed by atoms with Gasteiger partial charge in [-0.25, -0.2) is 0 Å². The van der Waals surface area contributed by atoms with E-state index in [4.69, 9.17) is 9.96 Å². The number of nitrogens with one attached hydrogen (secondary N) is 2. The van der Waals surface area contributed by atoms with Gasteiger partial charge in [-0.2, -0.15) is 8.42 Å². The number of allylic oxidation sites excluding steroid dienone is 1. The summed E-state index contributed by atoms with van der Waals surface area (Å²) < 4.78 is 30.9. The minimum absolute atomic E-state index is 0.153. The second-order valence-corrected chi connectivity index (χ2v) is 5.48. The third kappa shape index (κ3) is 3.68. The van der Waals surface area contributed by atoms with Crippen LogP contribution in [-0.2, 0) is 10.1 Å². The van der Waals surface area contributed by atoms with E-state index in [1.165, 1.54) is 18.2 Å². The van der Waals surface area contributed by atoms with Crippen molar-refractivity contribution in [1.82, 2.24) is 0 Å². The number of hydrogen-bond donors (Lipinski definition) is 3. The van der Waals surface area contributed by atoms with E-state index in [0.29, 0.717) is 17.1 Å². The van der Waals surface area contributed by atoms with Gasteiger partial charge in [0.25, 0.3) is 10.1 Å². The monoisotopic (exact) mass is 268 g/mol. The summed E-state index contributed by atoms with van der Waals surface area (Å²) in [7, 11) is -4.21. The van der Waals surface area contributed by atoms with Crippen molar-refractivity contribution in [3.05, 3.63) is 36.5 Å². The van der Waals surface area contributed by atoms with E-state index in [1.807, 2.05) is 6.92 Å². The molecule has 0 aliphatic heterocycles. The molecular formula is C12H16N2O3S. The smallest absolute Gasteiger partial charge is 0.294 e. The zero-order valence-electron chi connectivity index (χ0n) is 10.3. The van der Waals surface area contributed by atoms with E-state index >= 15 is 0 Å². The molecule has 0 aromatic heterocycles. The summed E-state index contributed by atoms with van der Waals surface area (Å²) in [6.07, 6.45) is 0. The Balaban J connectivity index is 2.93. The van der Waals surface area contributed by atoms with Crippen molar-refractivity contribution in [3.63, 3.8) is 0 Å². The van der Waals surface area contributed by atoms with Crippen molar-refractivity contribution in [3.8, 4) is 0 Å². The molecule has 0 bridgehead atoms. The third-order valence-corrected chi connectivity index (χ3v) is 3.46. The van der Waals surface area contributed by atoms with E-state index in [2.05, 4.69) is 11.9 Å². The first-order chi connectivity index (χ1) is 8.21. The largest absolute Gasteiger partial charge is 0.359 e. The Kier molecular flexibility index (Phi) is 4.26. The lowest BCUT2D eigenvalue weighted by Crippen LogP contribution is -2.14. The van der Waals surface area contributed by atoms with Gasteiger partial charge in [0.05, 0.1) is 4.90 Å². The zero-order chi connectivity index (χ0) is 13.9. The predicted molar refractivity (Wildman–Crippen MR) is 71.6 cm³/mol. The predicted octanol–water partition coefficient (Wildman–Crippen LogP) is 2.53. The lowest BCUT2D eigenvalue weighted by molar-refractivity contribution is 0.483. The highest BCUT2D eigenvalue weighted by molar-refractivity contribution is 7.85. The Morgan fingerprint density at radius 1 is 1.50 bits per heavy atom. The molecule has 0 fully saturated rings. The van der Waals surface area contributed by atoms with Gasteiger partial charge in [0.1, 0.15) is 0 Å². The molecule has 0 radical (unpaired) electrons. The Morgan fingerprint density at radius 2 is 2.11 bits per heavy atom. The Morgan fingerprint density at radius 3 is 2.61 bits per heavy atom. The van der Waals surface area contributed by atoms with Crippen LogP contribution in [-0.4, -0.2) is 18.7 Å². The van der Waals surface area contributed by atoms with Gasteiger partial charge in [-0.1, -0.05) is 19.6 Å². The summed E-state index contributed by atoms with van der Waals surface area (Å²) in [5, 5.41) is 10.4. The molecule has 5 nitrogen and oxygen atoms in total. The van der Waals surface area contributed by atoms with Crippen LogP contribution >= 0.6 is 0 Å². The molecule has 98 valence electrons. The maximum Gasteiger partial charge on any atom is 0.294 e. The Bertz CT molecular complexity index is 579. The third-order valence-electron chi connectivity index (χ3n) is 2.61. The molecule has 0 amide bonds. The van der Waals surface area contributed by atoms with Crippen molar-refractivity contribution >= 4 is 21.5 Å². The van der Waals surface area contributed by atoms with Crippen LogP contribution in [0.1, 0.15) is 13.8 Å². The van der Waals surface area contributed by atoms with Crippen LogP contribution in [0.15, 0.2) is 41.4 Å². The van der Waals surface area contributed by atoms with Crippen molar-refractivity contribution < 1.29 is 13.0 Å². The Labute approximate surface area is 107 Å². The van der Waals surface area contributed by atoms with Crippen LogP contribution < -0.4 is 5.32 Å². The van der Waals surface area contributed by atoms with Gasteiger partial charge >= 0.3 is 0 Å². The maximum atomic E-state index is 11.0. The molecular weight excluding hydrogens is 252 g/mol. The summed E-state index contributed by atoms with van der Waals surface area (Å²) in [5.41, 5.74) is 1.55. The van der Waals surface area contributed by atoms with Crippen LogP contribution in [0, 0.1) is 11.3 Å². The van der Waals surface area contributed by atoms with Gasteiger partial charge in [-0.3, -0.25) is 4.55 Å². The molecule has 0 spiro atoms. The molecule has 3 N–H and O–H groups in total. The van der Waals surface area contributed by atoms with Crippen molar-refractivity contribution in [2.75, 3.05) is 5.32 Å². The lowest BCUT2D eigenvalue weighted by atomic mass is 10.0. The molecule has 1 unspecified atom stereocenters. The average molecular weight is 268 g/mol. The highest BCUT2D eigenvalue weighted by Gasteiger charge is 2.12. The molecule has 1 atom stereocenters. The quantitative estimate of drug-likeness (QED) is 0.565. The van der Waals surface area contributed by atoms with E-state index in [9.17, 15) is 8.42 Å². The molecule has 6 heteroatoms. The molecule has 18 heavy (non-hydrogen) atoms. The summed E-state index contributed by atoms with van der Waals surface area (Å²) >= 11 is 0. The normalized spacial score (nSPS) is 12.8. The molecule has 0 saturated heterocycles. The summed E-state index contributed by atoms with van der Waals surface area (Å²) in [5.74, 6) is -0.153. The summed E-state index contributed by atoms with van der Waals surface area (Å²) in [4.78, 5) is -0.181. The lowest BCUT2D eigenvalue weighted by Gasteiger charge is -2.16. The van der Waals surface area contributed by atoms with Crippen molar-refractivity contribution in [2.45, 2.75) is 18.7 Å². The first-order valence-corrected chi connectivity index (χ1v) is 6.74. The van der Waals surface area contributed by atoms with Crippen LogP contribution in [0.5, 0.6) is 0 Å². The number of benzene rings is 1. The molecule has 0 heterocycles. The van der Waals surface area contributed by atoms with E-state index < -0.39 is 10.1 Å². The van der Waals surface area contributed by atoms with Gasteiger partial charge in [-0.05, 0) is 25.1 Å². The van der Waals surface area contributed by atoms with Gasteiger partial charge < -0.3 is 10.7 Å². The topological polar surface area (TPSA) is 90.2 Å².